The summed E-state index contributed by atoms with van der Waals surface area (Å²) in [5.74, 6) is 0. The molecular formula is C28H44N2Ni2Si2-10. The molecular weight excluding hydrogens is 538 g/mol. The van der Waals surface area contributed by atoms with E-state index < -0.39 is 16.1 Å². The van der Waals surface area contributed by atoms with E-state index in [-0.39, 0.29) is 33.0 Å². The average Bonchev–Trinajstić information content (AvgIpc) is 3.47. The van der Waals surface area contributed by atoms with Crippen molar-refractivity contribution in [1.82, 2.24) is 0 Å². The molecule has 204 valence electrons. The number of allylic oxidation sites excluding steroid dienone is 3. The molecule has 0 aromatic heterocycles. The van der Waals surface area contributed by atoms with Crippen molar-refractivity contribution in [2.75, 3.05) is 13.1 Å². The molecule has 1 atom stereocenters. The number of rotatable bonds is 4. The van der Waals surface area contributed by atoms with Crippen molar-refractivity contribution in [3.8, 4) is 0 Å². The standard InChI is InChI=1S/C9H19NSi.C9H15NSi.2C5H5.2Ni/c2*1-11(2,3)8-9-6-4-5-7-10-9;2*1-2-4-5-3-1;;/h8-9H,4-7H2,1-3H3;4-6,8H,7H2,1-3H3;2*1-5H;;/q2*-2;-5;-1;;. The van der Waals surface area contributed by atoms with Crippen molar-refractivity contribution in [3.05, 3.63) is 107 Å². The Balaban J connectivity index is 0. The second kappa shape index (κ2) is 20.4. The maximum Gasteiger partial charge on any atom is 0 e. The van der Waals surface area contributed by atoms with Gasteiger partial charge in [0.2, 0.25) is 0 Å². The first kappa shape index (κ1) is 35.4. The van der Waals surface area contributed by atoms with Gasteiger partial charge >= 0.3 is 0 Å². The molecule has 2 aromatic rings. The third kappa shape index (κ3) is 23.0. The van der Waals surface area contributed by atoms with Gasteiger partial charge in [-0.2, -0.15) is 30.8 Å². The molecule has 6 heteroatoms. The molecule has 2 aromatic carbocycles. The van der Waals surface area contributed by atoms with Gasteiger partial charge in [0.25, 0.3) is 0 Å². The number of piperidine rings is 1. The van der Waals surface area contributed by atoms with Crippen LogP contribution < -0.4 is 0 Å². The molecule has 0 saturated carbocycles. The Kier molecular flexibility index (Phi) is 21.3. The van der Waals surface area contributed by atoms with E-state index in [1.54, 1.807) is 0 Å². The minimum atomic E-state index is -1.07. The van der Waals surface area contributed by atoms with Crippen molar-refractivity contribution < 1.29 is 33.0 Å². The normalized spacial score (nSPS) is 16.6. The molecule has 0 amide bonds. The van der Waals surface area contributed by atoms with Gasteiger partial charge in [-0.3, -0.25) is 6.04 Å². The van der Waals surface area contributed by atoms with Crippen LogP contribution in [0.5, 0.6) is 0 Å². The van der Waals surface area contributed by atoms with Crippen LogP contribution in [-0.2, 0) is 33.0 Å². The molecule has 0 aliphatic carbocycles. The Bertz CT molecular complexity index is 646. The van der Waals surface area contributed by atoms with E-state index in [4.69, 9.17) is 0 Å². The zero-order valence-electron chi connectivity index (χ0n) is 21.8. The molecule has 2 nitrogen and oxygen atoms in total. The molecule has 1 unspecified atom stereocenters. The van der Waals surface area contributed by atoms with E-state index in [1.165, 1.54) is 25.0 Å². The summed E-state index contributed by atoms with van der Waals surface area (Å²) in [5, 5.41) is 8.96. The second-order valence-corrected chi connectivity index (χ2v) is 20.4. The fourth-order valence-electron chi connectivity index (χ4n) is 3.14. The summed E-state index contributed by atoms with van der Waals surface area (Å²) in [5.41, 5.74) is 1.17. The minimum absolute atomic E-state index is 0. The molecule has 0 spiro atoms. The number of hydrogen-bond donors (Lipinski definition) is 0. The van der Waals surface area contributed by atoms with Gasteiger partial charge in [0.1, 0.15) is 0 Å². The van der Waals surface area contributed by atoms with Crippen LogP contribution in [0.25, 0.3) is 10.6 Å². The van der Waals surface area contributed by atoms with Crippen LogP contribution >= 0.6 is 0 Å². The van der Waals surface area contributed by atoms with Gasteiger partial charge in [-0.25, -0.2) is 24.3 Å². The summed E-state index contributed by atoms with van der Waals surface area (Å²) in [6.07, 6.45) is 10.2. The monoisotopic (exact) mass is 580 g/mol. The van der Waals surface area contributed by atoms with Gasteiger partial charge in [0, 0.05) is 33.0 Å². The van der Waals surface area contributed by atoms with Crippen LogP contribution in [0.2, 0.25) is 39.3 Å². The zero-order valence-corrected chi connectivity index (χ0v) is 25.8. The zero-order chi connectivity index (χ0) is 23.7. The van der Waals surface area contributed by atoms with Crippen molar-refractivity contribution in [2.24, 2.45) is 0 Å². The largest absolute Gasteiger partial charge is 0.748 e. The van der Waals surface area contributed by atoms with Gasteiger partial charge in [-0.05, 0) is 8.07 Å². The third-order valence-corrected chi connectivity index (χ3v) is 6.98. The molecule has 34 heavy (non-hydrogen) atoms. The van der Waals surface area contributed by atoms with Gasteiger partial charge in [0.05, 0.1) is 0 Å². The Morgan fingerprint density at radius 2 is 1.44 bits per heavy atom. The van der Waals surface area contributed by atoms with Crippen LogP contribution in [0.3, 0.4) is 0 Å². The Labute approximate surface area is 233 Å². The van der Waals surface area contributed by atoms with Gasteiger partial charge < -0.3 is 52.7 Å². The molecule has 1 fully saturated rings. The van der Waals surface area contributed by atoms with Crippen molar-refractivity contribution in [3.63, 3.8) is 0 Å². The summed E-state index contributed by atoms with van der Waals surface area (Å²) in [6, 6.07) is 25.5. The predicted octanol–water partition coefficient (Wildman–Crippen LogP) is 8.70. The summed E-state index contributed by atoms with van der Waals surface area (Å²) >= 11 is 0. The van der Waals surface area contributed by atoms with Crippen LogP contribution in [0.15, 0.2) is 84.6 Å². The molecule has 0 N–H and O–H groups in total. The maximum atomic E-state index is 4.59. The molecule has 0 radical (unpaired) electrons. The van der Waals surface area contributed by atoms with Gasteiger partial charge in [-0.15, -0.1) is 20.7 Å². The predicted molar refractivity (Wildman–Crippen MR) is 151 cm³/mol. The van der Waals surface area contributed by atoms with Crippen molar-refractivity contribution in [2.45, 2.75) is 64.6 Å². The smallest absolute Gasteiger partial charge is 0 e. The van der Waals surface area contributed by atoms with Crippen LogP contribution in [0.4, 0.5) is 0 Å². The maximum absolute atomic E-state index is 4.59. The summed E-state index contributed by atoms with van der Waals surface area (Å²) in [7, 11) is -2.03. The molecule has 2 aliphatic heterocycles. The molecule has 1 saturated heterocycles. The van der Waals surface area contributed by atoms with Crippen LogP contribution in [0.1, 0.15) is 19.3 Å². The van der Waals surface area contributed by atoms with Gasteiger partial charge in [0.15, 0.2) is 0 Å². The quantitative estimate of drug-likeness (QED) is 0.255. The SMILES string of the molecule is C[Si](C)(C)[CH-]C1=CC=CC[N-]1.C[Si](C)(C)[CH-]C1CCCC[N-]1.[Ni].[Ni].[cH-]1[cH-][cH-][cH-][cH-]1.c1cc[cH-]c1. The van der Waals surface area contributed by atoms with E-state index in [9.17, 15) is 0 Å². The summed E-state index contributed by atoms with van der Waals surface area (Å²) < 4.78 is 0. The summed E-state index contributed by atoms with van der Waals surface area (Å²) in [6.45, 7) is 16.1. The second-order valence-electron chi connectivity index (χ2n) is 10.3. The topological polar surface area (TPSA) is 28.2 Å². The molecule has 4 rings (SSSR count). The summed E-state index contributed by atoms with van der Waals surface area (Å²) in [4.78, 5) is 0. The number of nitrogens with zero attached hydrogens (tertiary/aromatic N) is 2. The van der Waals surface area contributed by atoms with Crippen molar-refractivity contribution >= 4 is 16.1 Å². The Morgan fingerprint density at radius 1 is 0.853 bits per heavy atom. The van der Waals surface area contributed by atoms with Gasteiger partial charge in [-0.1, -0.05) is 58.5 Å². The Hall–Kier alpha value is -0.769. The van der Waals surface area contributed by atoms with E-state index in [0.717, 1.165) is 13.1 Å². The van der Waals surface area contributed by atoms with E-state index >= 15 is 0 Å². The molecule has 0 bridgehead atoms. The fourth-order valence-corrected chi connectivity index (χ4v) is 5.65. The third-order valence-electron chi connectivity index (χ3n) is 4.44. The minimum Gasteiger partial charge on any atom is -0.748 e. The Morgan fingerprint density at radius 3 is 1.79 bits per heavy atom. The first-order chi connectivity index (χ1) is 15.2. The fraction of sp³-hybridized carbons (Fsp3) is 0.429. The van der Waals surface area contributed by atoms with E-state index in [2.05, 4.69) is 80.2 Å². The van der Waals surface area contributed by atoms with E-state index in [0.29, 0.717) is 6.04 Å². The van der Waals surface area contributed by atoms with Crippen LogP contribution in [0, 0.1) is 12.1 Å². The molecule has 2 aliphatic rings. The van der Waals surface area contributed by atoms with Crippen LogP contribution in [-0.4, -0.2) is 35.3 Å². The molecule has 2 heterocycles. The average molecular weight is 582 g/mol. The van der Waals surface area contributed by atoms with E-state index in [1.807, 2.05) is 60.7 Å². The first-order valence-corrected chi connectivity index (χ1v) is 19.1. The first-order valence-electron chi connectivity index (χ1n) is 11.9. The van der Waals surface area contributed by atoms with Crippen molar-refractivity contribution in [1.29, 1.82) is 0 Å². The number of hydrogen-bond acceptors (Lipinski definition) is 0.